The fourth-order valence-corrected chi connectivity index (χ4v) is 2.28. The van der Waals surface area contributed by atoms with Crippen LogP contribution in [0.5, 0.6) is 5.75 Å². The zero-order valence-electron chi connectivity index (χ0n) is 16.2. The maximum Gasteiger partial charge on any atom is 0.274 e. The maximum absolute atomic E-state index is 12.6. The Hall–Kier alpha value is -2.93. The largest absolute Gasteiger partial charge is 0.489 e. The summed E-state index contributed by atoms with van der Waals surface area (Å²) in [5.41, 5.74) is 0.918. The first kappa shape index (κ1) is 20.4. The molecule has 0 bridgehead atoms. The molecule has 0 aliphatic heterocycles. The second-order valence-corrected chi connectivity index (χ2v) is 6.58. The monoisotopic (exact) mass is 370 g/mol. The molecular formula is C20H26N4O3. The molecule has 2 amide bonds. The molecule has 0 saturated heterocycles. The van der Waals surface area contributed by atoms with Crippen LogP contribution in [0.15, 0.2) is 42.5 Å². The van der Waals surface area contributed by atoms with Gasteiger partial charge < -0.3 is 20.3 Å². The van der Waals surface area contributed by atoms with Crippen molar-refractivity contribution in [1.82, 2.24) is 15.2 Å². The predicted molar refractivity (Wildman–Crippen MR) is 105 cm³/mol. The summed E-state index contributed by atoms with van der Waals surface area (Å²) in [6.45, 7) is 5.06. The molecule has 0 aliphatic rings. The quantitative estimate of drug-likeness (QED) is 0.746. The molecule has 1 heterocycles. The van der Waals surface area contributed by atoms with Crippen molar-refractivity contribution in [3.05, 3.63) is 53.9 Å². The Balaban J connectivity index is 2.08. The van der Waals surface area contributed by atoms with Gasteiger partial charge in [0.2, 0.25) is 0 Å². The molecule has 7 heteroatoms. The Morgan fingerprint density at radius 1 is 1.04 bits per heavy atom. The van der Waals surface area contributed by atoms with Crippen LogP contribution in [0.1, 0.15) is 34.8 Å². The molecule has 2 aromatic rings. The minimum atomic E-state index is -0.405. The van der Waals surface area contributed by atoms with Gasteiger partial charge in [-0.05, 0) is 52.2 Å². The van der Waals surface area contributed by atoms with Crippen molar-refractivity contribution in [1.29, 1.82) is 0 Å². The summed E-state index contributed by atoms with van der Waals surface area (Å²) >= 11 is 0. The number of pyridine rings is 1. The lowest BCUT2D eigenvalue weighted by Gasteiger charge is -2.14. The van der Waals surface area contributed by atoms with Gasteiger partial charge in [-0.2, -0.15) is 0 Å². The second kappa shape index (κ2) is 9.68. The van der Waals surface area contributed by atoms with Crippen molar-refractivity contribution >= 4 is 17.5 Å². The lowest BCUT2D eigenvalue weighted by Crippen LogP contribution is -2.32. The summed E-state index contributed by atoms with van der Waals surface area (Å²) in [7, 11) is 3.85. The number of rotatable bonds is 8. The molecule has 1 aromatic carbocycles. The van der Waals surface area contributed by atoms with E-state index in [-0.39, 0.29) is 23.4 Å². The number of nitrogens with one attached hydrogen (secondary N) is 2. The van der Waals surface area contributed by atoms with Crippen LogP contribution in [0.2, 0.25) is 0 Å². The molecule has 2 N–H and O–H groups in total. The van der Waals surface area contributed by atoms with Gasteiger partial charge >= 0.3 is 0 Å². The Kier molecular flexibility index (Phi) is 7.31. The predicted octanol–water partition coefficient (Wildman–Crippen LogP) is 2.41. The highest BCUT2D eigenvalue weighted by Gasteiger charge is 2.14. The van der Waals surface area contributed by atoms with E-state index in [4.69, 9.17) is 4.74 Å². The van der Waals surface area contributed by atoms with Gasteiger partial charge in [0.1, 0.15) is 17.1 Å². The van der Waals surface area contributed by atoms with Crippen molar-refractivity contribution in [2.45, 2.75) is 20.0 Å². The summed E-state index contributed by atoms with van der Waals surface area (Å²) in [6, 6.07) is 12.0. The zero-order valence-corrected chi connectivity index (χ0v) is 16.2. The fraction of sp³-hybridized carbons (Fsp3) is 0.350. The molecule has 0 spiro atoms. The van der Waals surface area contributed by atoms with Gasteiger partial charge in [0, 0.05) is 13.1 Å². The van der Waals surface area contributed by atoms with Gasteiger partial charge in [-0.15, -0.1) is 0 Å². The number of anilines is 1. The Bertz CT molecular complexity index is 790. The number of nitrogens with zero attached hydrogens (tertiary/aromatic N) is 2. The minimum Gasteiger partial charge on any atom is -0.489 e. The van der Waals surface area contributed by atoms with Crippen molar-refractivity contribution in [2.75, 3.05) is 32.5 Å². The molecule has 144 valence electrons. The van der Waals surface area contributed by atoms with Crippen LogP contribution in [0, 0.1) is 0 Å². The van der Waals surface area contributed by atoms with Crippen LogP contribution in [0.4, 0.5) is 5.69 Å². The standard InChI is InChI=1S/C20H26N4O3/c1-14(2)27-18-11-6-5-8-15(18)23-20(26)17-10-7-9-16(22-17)19(25)21-12-13-24(3)4/h5-11,14H,12-13H2,1-4H3,(H,21,25)(H,23,26). The lowest BCUT2D eigenvalue weighted by atomic mass is 10.2. The minimum absolute atomic E-state index is 0.0182. The second-order valence-electron chi connectivity index (χ2n) is 6.58. The first-order chi connectivity index (χ1) is 12.9. The highest BCUT2D eigenvalue weighted by atomic mass is 16.5. The number of likely N-dealkylation sites (N-methyl/N-ethyl adjacent to an activating group) is 1. The van der Waals surface area contributed by atoms with Gasteiger partial charge in [-0.25, -0.2) is 4.98 Å². The van der Waals surface area contributed by atoms with Gasteiger partial charge in [0.25, 0.3) is 11.8 Å². The number of hydrogen-bond donors (Lipinski definition) is 2. The van der Waals surface area contributed by atoms with Crippen molar-refractivity contribution in [3.8, 4) is 5.75 Å². The molecule has 0 aliphatic carbocycles. The third-order valence-corrected chi connectivity index (χ3v) is 3.56. The molecule has 1 aromatic heterocycles. The highest BCUT2D eigenvalue weighted by Crippen LogP contribution is 2.25. The topological polar surface area (TPSA) is 83.6 Å². The van der Waals surface area contributed by atoms with Crippen LogP contribution >= 0.6 is 0 Å². The van der Waals surface area contributed by atoms with Crippen molar-refractivity contribution in [3.63, 3.8) is 0 Å². The fourth-order valence-electron chi connectivity index (χ4n) is 2.28. The molecule has 2 rings (SSSR count). The summed E-state index contributed by atoms with van der Waals surface area (Å²) in [4.78, 5) is 30.9. The molecule has 0 radical (unpaired) electrons. The van der Waals surface area contributed by atoms with E-state index >= 15 is 0 Å². The number of hydrogen-bond acceptors (Lipinski definition) is 5. The Morgan fingerprint density at radius 3 is 2.37 bits per heavy atom. The van der Waals surface area contributed by atoms with Gasteiger partial charge in [-0.3, -0.25) is 9.59 Å². The number of carbonyl (C=O) groups excluding carboxylic acids is 2. The van der Waals surface area contributed by atoms with Gasteiger partial charge in [-0.1, -0.05) is 18.2 Å². The molecule has 0 fully saturated rings. The van der Waals surface area contributed by atoms with E-state index in [0.29, 0.717) is 18.0 Å². The highest BCUT2D eigenvalue weighted by molar-refractivity contribution is 6.04. The SMILES string of the molecule is CC(C)Oc1ccccc1NC(=O)c1cccc(C(=O)NCCN(C)C)n1. The Labute approximate surface area is 159 Å². The number of aromatic nitrogens is 1. The van der Waals surface area contributed by atoms with Gasteiger partial charge in [0.15, 0.2) is 0 Å². The first-order valence-electron chi connectivity index (χ1n) is 8.84. The van der Waals surface area contributed by atoms with E-state index in [0.717, 1.165) is 6.54 Å². The molecular weight excluding hydrogens is 344 g/mol. The van der Waals surface area contributed by atoms with Crippen LogP contribution in [-0.2, 0) is 0 Å². The van der Waals surface area contributed by atoms with Crippen LogP contribution in [-0.4, -0.2) is 55.0 Å². The number of carbonyl (C=O) groups is 2. The molecule has 0 unspecified atom stereocenters. The third-order valence-electron chi connectivity index (χ3n) is 3.56. The number of benzene rings is 1. The molecule has 0 saturated carbocycles. The number of para-hydroxylation sites is 2. The van der Waals surface area contributed by atoms with Crippen molar-refractivity contribution < 1.29 is 14.3 Å². The molecule has 7 nitrogen and oxygen atoms in total. The normalized spacial score (nSPS) is 10.7. The summed E-state index contributed by atoms with van der Waals surface area (Å²) in [6.07, 6.45) is -0.0182. The third kappa shape index (κ3) is 6.38. The van der Waals surface area contributed by atoms with Gasteiger partial charge in [0.05, 0.1) is 11.8 Å². The van der Waals surface area contributed by atoms with E-state index in [9.17, 15) is 9.59 Å². The summed E-state index contributed by atoms with van der Waals surface area (Å²) in [5, 5.41) is 5.57. The number of amides is 2. The van der Waals surface area contributed by atoms with E-state index < -0.39 is 5.91 Å². The lowest BCUT2D eigenvalue weighted by molar-refractivity contribution is 0.0946. The van der Waals surface area contributed by atoms with Crippen molar-refractivity contribution in [2.24, 2.45) is 0 Å². The smallest absolute Gasteiger partial charge is 0.274 e. The molecule has 27 heavy (non-hydrogen) atoms. The zero-order chi connectivity index (χ0) is 19.8. The first-order valence-corrected chi connectivity index (χ1v) is 8.84. The van der Waals surface area contributed by atoms with E-state index in [2.05, 4.69) is 15.6 Å². The summed E-state index contributed by atoms with van der Waals surface area (Å²) < 4.78 is 5.70. The Morgan fingerprint density at radius 2 is 1.70 bits per heavy atom. The average molecular weight is 370 g/mol. The summed E-state index contributed by atoms with van der Waals surface area (Å²) in [5.74, 6) is -0.133. The number of ether oxygens (including phenoxy) is 1. The van der Waals surface area contributed by atoms with Crippen LogP contribution < -0.4 is 15.4 Å². The van der Waals surface area contributed by atoms with Crippen LogP contribution in [0.25, 0.3) is 0 Å². The van der Waals surface area contributed by atoms with E-state index in [1.165, 1.54) is 0 Å². The molecule has 0 atom stereocenters. The van der Waals surface area contributed by atoms with Crippen LogP contribution in [0.3, 0.4) is 0 Å². The van der Waals surface area contributed by atoms with E-state index in [1.807, 2.05) is 45.0 Å². The average Bonchev–Trinajstić information content (AvgIpc) is 2.62. The maximum atomic E-state index is 12.6. The van der Waals surface area contributed by atoms with E-state index in [1.54, 1.807) is 30.3 Å².